The molecule has 0 bridgehead atoms. The molecule has 0 saturated heterocycles. The van der Waals surface area contributed by atoms with Crippen molar-refractivity contribution in [3.05, 3.63) is 11.6 Å². The molecule has 0 fully saturated rings. The highest BCUT2D eigenvalue weighted by atomic mass is 16.4. The molecule has 0 aliphatic heterocycles. The van der Waals surface area contributed by atoms with E-state index in [4.69, 9.17) is 15.3 Å². The van der Waals surface area contributed by atoms with Gasteiger partial charge in [-0.15, -0.1) is 0 Å². The zero-order valence-corrected chi connectivity index (χ0v) is 8.23. The van der Waals surface area contributed by atoms with Gasteiger partial charge in [0.25, 0.3) is 0 Å². The normalized spacial score (nSPS) is 14.1. The Bertz CT molecular complexity index is 203. The number of carboxylic acid groups (broad SMARTS) is 1. The minimum Gasteiger partial charge on any atom is -0.478 e. The van der Waals surface area contributed by atoms with Gasteiger partial charge in [-0.2, -0.15) is 0 Å². The summed E-state index contributed by atoms with van der Waals surface area (Å²) >= 11 is 0. The average Bonchev–Trinajstić information content (AvgIpc) is 2.16. The summed E-state index contributed by atoms with van der Waals surface area (Å²) in [6, 6.07) is 0. The van der Waals surface area contributed by atoms with Crippen LogP contribution in [0.5, 0.6) is 0 Å². The molecule has 0 amide bonds. The van der Waals surface area contributed by atoms with Crippen molar-refractivity contribution in [2.45, 2.75) is 19.4 Å². The molecule has 5 nitrogen and oxygen atoms in total. The van der Waals surface area contributed by atoms with Crippen LogP contribution >= 0.6 is 0 Å². The molecular formula is C9H17NO4. The summed E-state index contributed by atoms with van der Waals surface area (Å²) < 4.78 is 0. The first-order valence-electron chi connectivity index (χ1n) is 4.53. The first-order valence-corrected chi connectivity index (χ1v) is 4.53. The van der Waals surface area contributed by atoms with Crippen molar-refractivity contribution in [3.8, 4) is 0 Å². The van der Waals surface area contributed by atoms with E-state index in [1.165, 1.54) is 0 Å². The van der Waals surface area contributed by atoms with Crippen LogP contribution in [0.15, 0.2) is 11.6 Å². The molecule has 0 aliphatic carbocycles. The molecule has 0 rings (SSSR count). The molecule has 0 heterocycles. The summed E-state index contributed by atoms with van der Waals surface area (Å²) in [4.78, 5) is 10.5. The van der Waals surface area contributed by atoms with E-state index < -0.39 is 12.1 Å². The Labute approximate surface area is 83.1 Å². The van der Waals surface area contributed by atoms with Crippen LogP contribution in [0.25, 0.3) is 0 Å². The predicted octanol–water partition coefficient (Wildman–Crippen LogP) is -0.650. The van der Waals surface area contributed by atoms with Crippen LogP contribution in [0.4, 0.5) is 0 Å². The molecule has 5 heteroatoms. The van der Waals surface area contributed by atoms with E-state index in [-0.39, 0.29) is 13.2 Å². The molecule has 0 aromatic heterocycles. The van der Waals surface area contributed by atoms with Crippen LogP contribution in [0, 0.1) is 0 Å². The van der Waals surface area contributed by atoms with E-state index in [0.29, 0.717) is 18.5 Å². The van der Waals surface area contributed by atoms with Gasteiger partial charge in [-0.3, -0.25) is 0 Å². The van der Waals surface area contributed by atoms with E-state index in [0.717, 1.165) is 0 Å². The highest BCUT2D eigenvalue weighted by Crippen LogP contribution is 1.98. The van der Waals surface area contributed by atoms with Crippen LogP contribution < -0.4 is 5.32 Å². The summed E-state index contributed by atoms with van der Waals surface area (Å²) in [6.45, 7) is 2.11. The van der Waals surface area contributed by atoms with Crippen LogP contribution in [-0.2, 0) is 4.79 Å². The zero-order valence-electron chi connectivity index (χ0n) is 8.23. The molecule has 0 aliphatic rings. The maximum absolute atomic E-state index is 10.5. The number of carbonyl (C=O) groups is 1. The van der Waals surface area contributed by atoms with Gasteiger partial charge in [0.05, 0.1) is 12.7 Å². The fourth-order valence-electron chi connectivity index (χ4n) is 0.893. The number of aliphatic carboxylic acids is 1. The average molecular weight is 203 g/mol. The van der Waals surface area contributed by atoms with E-state index in [1.807, 2.05) is 0 Å². The Morgan fingerprint density at radius 1 is 1.57 bits per heavy atom. The van der Waals surface area contributed by atoms with Crippen molar-refractivity contribution in [3.63, 3.8) is 0 Å². The Hall–Kier alpha value is -0.910. The van der Waals surface area contributed by atoms with E-state index in [9.17, 15) is 4.79 Å². The molecular weight excluding hydrogens is 186 g/mol. The molecule has 4 N–H and O–H groups in total. The van der Waals surface area contributed by atoms with Gasteiger partial charge in [0, 0.05) is 18.7 Å². The molecule has 0 radical (unpaired) electrons. The zero-order chi connectivity index (χ0) is 11.0. The lowest BCUT2D eigenvalue weighted by atomic mass is 10.2. The maximum Gasteiger partial charge on any atom is 0.331 e. The summed E-state index contributed by atoms with van der Waals surface area (Å²) in [5.74, 6) is -0.919. The first-order chi connectivity index (χ1) is 6.61. The maximum atomic E-state index is 10.5. The van der Waals surface area contributed by atoms with Crippen LogP contribution in [-0.4, -0.2) is 47.1 Å². The molecule has 82 valence electrons. The Morgan fingerprint density at radius 2 is 2.21 bits per heavy atom. The second-order valence-corrected chi connectivity index (χ2v) is 2.88. The molecule has 0 spiro atoms. The minimum atomic E-state index is -0.919. The quantitative estimate of drug-likeness (QED) is 0.326. The number of aliphatic hydroxyl groups excluding tert-OH is 2. The lowest BCUT2D eigenvalue weighted by Crippen LogP contribution is -2.29. The molecule has 1 unspecified atom stereocenters. The fourth-order valence-corrected chi connectivity index (χ4v) is 0.893. The van der Waals surface area contributed by atoms with Crippen molar-refractivity contribution in [2.24, 2.45) is 0 Å². The number of aliphatic hydroxyl groups is 2. The van der Waals surface area contributed by atoms with Crippen molar-refractivity contribution in [2.75, 3.05) is 19.7 Å². The van der Waals surface area contributed by atoms with Gasteiger partial charge in [0.2, 0.25) is 0 Å². The largest absolute Gasteiger partial charge is 0.478 e. The molecule has 0 aromatic carbocycles. The lowest BCUT2D eigenvalue weighted by molar-refractivity contribution is -0.132. The lowest BCUT2D eigenvalue weighted by Gasteiger charge is -2.06. The number of rotatable bonds is 7. The van der Waals surface area contributed by atoms with Gasteiger partial charge < -0.3 is 20.6 Å². The first kappa shape index (κ1) is 13.1. The third kappa shape index (κ3) is 5.69. The third-order valence-corrected chi connectivity index (χ3v) is 1.74. The van der Waals surface area contributed by atoms with Crippen molar-refractivity contribution < 1.29 is 20.1 Å². The Kier molecular flexibility index (Phi) is 7.00. The number of hydrogen-bond acceptors (Lipinski definition) is 4. The molecule has 1 atom stereocenters. The summed E-state index contributed by atoms with van der Waals surface area (Å²) in [6.07, 6.45) is 1.24. The Balaban J connectivity index is 3.74. The van der Waals surface area contributed by atoms with Crippen molar-refractivity contribution in [1.82, 2.24) is 5.32 Å². The van der Waals surface area contributed by atoms with Gasteiger partial charge >= 0.3 is 5.97 Å². The van der Waals surface area contributed by atoms with E-state index in [2.05, 4.69) is 5.32 Å². The SMILES string of the molecule is CCC(=CCNCC(O)CO)C(=O)O. The smallest absolute Gasteiger partial charge is 0.331 e. The van der Waals surface area contributed by atoms with Crippen LogP contribution in [0.3, 0.4) is 0 Å². The van der Waals surface area contributed by atoms with E-state index in [1.54, 1.807) is 13.0 Å². The van der Waals surface area contributed by atoms with Crippen LogP contribution in [0.1, 0.15) is 13.3 Å². The second kappa shape index (κ2) is 7.49. The fraction of sp³-hybridized carbons (Fsp3) is 0.667. The summed E-state index contributed by atoms with van der Waals surface area (Å²) in [7, 11) is 0. The minimum absolute atomic E-state index is 0.254. The highest BCUT2D eigenvalue weighted by Gasteiger charge is 2.03. The number of carboxylic acids is 1. The second-order valence-electron chi connectivity index (χ2n) is 2.88. The van der Waals surface area contributed by atoms with Gasteiger partial charge in [0.15, 0.2) is 0 Å². The van der Waals surface area contributed by atoms with Gasteiger partial charge in [-0.1, -0.05) is 13.0 Å². The van der Waals surface area contributed by atoms with Crippen LogP contribution in [0.2, 0.25) is 0 Å². The topological polar surface area (TPSA) is 89.8 Å². The van der Waals surface area contributed by atoms with Gasteiger partial charge in [-0.25, -0.2) is 4.79 Å². The summed E-state index contributed by atoms with van der Waals surface area (Å²) in [5.41, 5.74) is 0.344. The van der Waals surface area contributed by atoms with Gasteiger partial charge in [0.1, 0.15) is 0 Å². The summed E-state index contributed by atoms with van der Waals surface area (Å²) in [5, 5.41) is 28.9. The Morgan fingerprint density at radius 3 is 2.64 bits per heavy atom. The standard InChI is InChI=1S/C9H17NO4/c1-2-7(9(13)14)3-4-10-5-8(12)6-11/h3,8,10-12H,2,4-6H2,1H3,(H,13,14). The number of hydrogen-bond donors (Lipinski definition) is 4. The number of nitrogens with one attached hydrogen (secondary N) is 1. The molecule has 14 heavy (non-hydrogen) atoms. The monoisotopic (exact) mass is 203 g/mol. The predicted molar refractivity (Wildman–Crippen MR) is 52.0 cm³/mol. The van der Waals surface area contributed by atoms with Gasteiger partial charge in [-0.05, 0) is 6.42 Å². The van der Waals surface area contributed by atoms with E-state index >= 15 is 0 Å². The highest BCUT2D eigenvalue weighted by molar-refractivity contribution is 5.86. The molecule has 0 saturated carbocycles. The van der Waals surface area contributed by atoms with Crippen molar-refractivity contribution in [1.29, 1.82) is 0 Å². The third-order valence-electron chi connectivity index (χ3n) is 1.74. The molecule has 0 aromatic rings. The van der Waals surface area contributed by atoms with Crippen molar-refractivity contribution >= 4 is 5.97 Å².